The molecule has 0 bridgehead atoms. The summed E-state index contributed by atoms with van der Waals surface area (Å²) in [5, 5.41) is 0.587. The molecule has 0 spiro atoms. The van der Waals surface area contributed by atoms with E-state index < -0.39 is 0 Å². The molecule has 2 fully saturated rings. The van der Waals surface area contributed by atoms with Gasteiger partial charge in [-0.1, -0.05) is 18.5 Å². The molecule has 0 aliphatic carbocycles. The van der Waals surface area contributed by atoms with Gasteiger partial charge < -0.3 is 9.80 Å². The zero-order valence-electron chi connectivity index (χ0n) is 13.4. The molecule has 5 heteroatoms. The van der Waals surface area contributed by atoms with Gasteiger partial charge in [-0.25, -0.2) is 4.98 Å². The lowest BCUT2D eigenvalue weighted by molar-refractivity contribution is 0.0724. The van der Waals surface area contributed by atoms with E-state index in [1.807, 2.05) is 4.90 Å². The summed E-state index contributed by atoms with van der Waals surface area (Å²) in [7, 11) is 0. The lowest BCUT2D eigenvalue weighted by atomic mass is 10.1. The molecule has 2 unspecified atom stereocenters. The molecule has 2 saturated heterocycles. The maximum atomic E-state index is 12.5. The van der Waals surface area contributed by atoms with E-state index in [0.717, 1.165) is 44.7 Å². The van der Waals surface area contributed by atoms with Crippen LogP contribution in [0.15, 0.2) is 12.3 Å². The Morgan fingerprint density at radius 3 is 2.55 bits per heavy atom. The highest BCUT2D eigenvalue weighted by atomic mass is 35.5. The molecule has 2 aliphatic rings. The first-order valence-electron chi connectivity index (χ1n) is 8.29. The van der Waals surface area contributed by atoms with E-state index in [9.17, 15) is 4.79 Å². The van der Waals surface area contributed by atoms with Crippen LogP contribution in [0.2, 0.25) is 5.02 Å². The van der Waals surface area contributed by atoms with Crippen LogP contribution < -0.4 is 4.90 Å². The molecule has 0 N–H and O–H groups in total. The minimum atomic E-state index is 0.0588. The van der Waals surface area contributed by atoms with E-state index in [2.05, 4.69) is 23.7 Å². The van der Waals surface area contributed by atoms with Crippen molar-refractivity contribution >= 4 is 23.3 Å². The molecule has 4 nitrogen and oxygen atoms in total. The predicted molar refractivity (Wildman–Crippen MR) is 89.6 cm³/mol. The Morgan fingerprint density at radius 2 is 1.95 bits per heavy atom. The van der Waals surface area contributed by atoms with E-state index in [1.165, 1.54) is 6.42 Å². The third-order valence-electron chi connectivity index (χ3n) is 5.12. The molecule has 1 aromatic rings. The van der Waals surface area contributed by atoms with Crippen molar-refractivity contribution in [3.05, 3.63) is 22.8 Å². The fraction of sp³-hybridized carbons (Fsp3) is 0.647. The second-order valence-electron chi connectivity index (χ2n) is 6.58. The SMILES string of the molecule is CC1CCN(c2ncc(C(=O)N3CCCCC3)cc2Cl)C1C. The zero-order valence-corrected chi connectivity index (χ0v) is 14.1. The van der Waals surface area contributed by atoms with Crippen molar-refractivity contribution in [3.63, 3.8) is 0 Å². The molecular formula is C17H24ClN3O. The normalized spacial score (nSPS) is 25.6. The number of carbonyl (C=O) groups is 1. The highest BCUT2D eigenvalue weighted by molar-refractivity contribution is 6.33. The Labute approximate surface area is 137 Å². The second-order valence-corrected chi connectivity index (χ2v) is 6.99. The molecule has 0 radical (unpaired) electrons. The van der Waals surface area contributed by atoms with Crippen LogP contribution in [-0.2, 0) is 0 Å². The van der Waals surface area contributed by atoms with Crippen LogP contribution >= 0.6 is 11.6 Å². The van der Waals surface area contributed by atoms with E-state index in [4.69, 9.17) is 11.6 Å². The first-order valence-corrected chi connectivity index (χ1v) is 8.67. The number of carbonyl (C=O) groups excluding carboxylic acids is 1. The average molecular weight is 322 g/mol. The van der Waals surface area contributed by atoms with Crippen LogP contribution in [0.3, 0.4) is 0 Å². The lowest BCUT2D eigenvalue weighted by Gasteiger charge is -2.28. The average Bonchev–Trinajstić information content (AvgIpc) is 2.87. The second kappa shape index (κ2) is 6.45. The fourth-order valence-corrected chi connectivity index (χ4v) is 3.71. The summed E-state index contributed by atoms with van der Waals surface area (Å²) >= 11 is 6.43. The molecule has 0 saturated carbocycles. The van der Waals surface area contributed by atoms with Crippen LogP contribution in [0.5, 0.6) is 0 Å². The van der Waals surface area contributed by atoms with Gasteiger partial charge in [0.15, 0.2) is 0 Å². The summed E-state index contributed by atoms with van der Waals surface area (Å²) in [5.41, 5.74) is 0.607. The van der Waals surface area contributed by atoms with Gasteiger partial charge in [-0.2, -0.15) is 0 Å². The molecule has 3 heterocycles. The van der Waals surface area contributed by atoms with Gasteiger partial charge >= 0.3 is 0 Å². The van der Waals surface area contributed by atoms with Crippen molar-refractivity contribution in [3.8, 4) is 0 Å². The maximum absolute atomic E-state index is 12.5. The molecule has 2 aliphatic heterocycles. The molecule has 0 aromatic carbocycles. The van der Waals surface area contributed by atoms with Crippen LogP contribution in [0, 0.1) is 5.92 Å². The van der Waals surface area contributed by atoms with Gasteiger partial charge in [0.1, 0.15) is 5.82 Å². The number of aromatic nitrogens is 1. The number of hydrogen-bond donors (Lipinski definition) is 0. The van der Waals surface area contributed by atoms with Crippen LogP contribution in [-0.4, -0.2) is 41.5 Å². The standard InChI is InChI=1S/C17H24ClN3O/c1-12-6-9-21(13(12)2)16-15(18)10-14(11-19-16)17(22)20-7-4-3-5-8-20/h10-13H,3-9H2,1-2H3. The smallest absolute Gasteiger partial charge is 0.255 e. The number of piperidine rings is 1. The Hall–Kier alpha value is -1.29. The van der Waals surface area contributed by atoms with Crippen molar-refractivity contribution in [2.24, 2.45) is 5.92 Å². The molecule has 2 atom stereocenters. The maximum Gasteiger partial charge on any atom is 0.255 e. The summed E-state index contributed by atoms with van der Waals surface area (Å²) in [5.74, 6) is 1.52. The minimum absolute atomic E-state index is 0.0588. The van der Waals surface area contributed by atoms with E-state index >= 15 is 0 Å². The number of halogens is 1. The minimum Gasteiger partial charge on any atom is -0.352 e. The van der Waals surface area contributed by atoms with Crippen LogP contribution in [0.4, 0.5) is 5.82 Å². The van der Waals surface area contributed by atoms with Gasteiger partial charge in [-0.3, -0.25) is 4.79 Å². The molecule has 3 rings (SSSR count). The highest BCUT2D eigenvalue weighted by Crippen LogP contribution is 2.33. The van der Waals surface area contributed by atoms with Gasteiger partial charge in [-0.15, -0.1) is 0 Å². The monoisotopic (exact) mass is 321 g/mol. The summed E-state index contributed by atoms with van der Waals surface area (Å²) in [6.45, 7) is 7.14. The highest BCUT2D eigenvalue weighted by Gasteiger charge is 2.30. The summed E-state index contributed by atoms with van der Waals surface area (Å²) < 4.78 is 0. The molecule has 120 valence electrons. The van der Waals surface area contributed by atoms with E-state index in [-0.39, 0.29) is 5.91 Å². The fourth-order valence-electron chi connectivity index (χ4n) is 3.43. The summed E-state index contributed by atoms with van der Waals surface area (Å²) in [6.07, 6.45) is 6.25. The van der Waals surface area contributed by atoms with Crippen molar-refractivity contribution < 1.29 is 4.79 Å². The third-order valence-corrected chi connectivity index (χ3v) is 5.40. The number of rotatable bonds is 2. The molecular weight excluding hydrogens is 298 g/mol. The zero-order chi connectivity index (χ0) is 15.7. The Balaban J connectivity index is 1.78. The van der Waals surface area contributed by atoms with Crippen molar-refractivity contribution in [2.45, 2.75) is 45.6 Å². The van der Waals surface area contributed by atoms with Gasteiger partial charge in [0.25, 0.3) is 5.91 Å². The number of hydrogen-bond acceptors (Lipinski definition) is 3. The number of pyridine rings is 1. The first-order chi connectivity index (χ1) is 10.6. The first kappa shape index (κ1) is 15.6. The number of likely N-dealkylation sites (tertiary alicyclic amines) is 1. The van der Waals surface area contributed by atoms with Crippen LogP contribution in [0.25, 0.3) is 0 Å². The van der Waals surface area contributed by atoms with Crippen molar-refractivity contribution in [1.82, 2.24) is 9.88 Å². The van der Waals surface area contributed by atoms with Crippen molar-refractivity contribution in [2.75, 3.05) is 24.5 Å². The van der Waals surface area contributed by atoms with Crippen molar-refractivity contribution in [1.29, 1.82) is 0 Å². The predicted octanol–water partition coefficient (Wildman–Crippen LogP) is 3.60. The lowest BCUT2D eigenvalue weighted by Crippen LogP contribution is -2.36. The Bertz CT molecular complexity index is 557. The Kier molecular flexibility index (Phi) is 4.57. The van der Waals surface area contributed by atoms with Gasteiger partial charge in [0, 0.05) is 31.9 Å². The number of anilines is 1. The van der Waals surface area contributed by atoms with Crippen LogP contribution in [0.1, 0.15) is 49.9 Å². The number of amides is 1. The van der Waals surface area contributed by atoms with E-state index in [1.54, 1.807) is 12.3 Å². The summed E-state index contributed by atoms with van der Waals surface area (Å²) in [6, 6.07) is 2.23. The topological polar surface area (TPSA) is 36.4 Å². The quantitative estimate of drug-likeness (QED) is 0.835. The van der Waals surface area contributed by atoms with Gasteiger partial charge in [-0.05, 0) is 44.6 Å². The Morgan fingerprint density at radius 1 is 1.23 bits per heavy atom. The van der Waals surface area contributed by atoms with Gasteiger partial charge in [0.2, 0.25) is 0 Å². The largest absolute Gasteiger partial charge is 0.352 e. The summed E-state index contributed by atoms with van der Waals surface area (Å²) in [4.78, 5) is 21.2. The molecule has 1 amide bonds. The van der Waals surface area contributed by atoms with Gasteiger partial charge in [0.05, 0.1) is 10.6 Å². The molecule has 1 aromatic heterocycles. The third kappa shape index (κ3) is 2.94. The van der Waals surface area contributed by atoms with E-state index in [0.29, 0.717) is 22.5 Å². The number of nitrogens with zero attached hydrogens (tertiary/aromatic N) is 3. The molecule has 22 heavy (non-hydrogen) atoms.